The van der Waals surface area contributed by atoms with Gasteiger partial charge in [-0.25, -0.2) is 0 Å². The van der Waals surface area contributed by atoms with Crippen LogP contribution >= 0.6 is 35.1 Å². The lowest BCUT2D eigenvalue weighted by molar-refractivity contribution is 0.321. The quantitative estimate of drug-likeness (QED) is 0.467. The van der Waals surface area contributed by atoms with Crippen molar-refractivity contribution in [3.8, 4) is 0 Å². The molecule has 3 atom stereocenters. The van der Waals surface area contributed by atoms with Gasteiger partial charge in [-0.1, -0.05) is 60.2 Å². The number of thioether (sulfide) groups is 1. The van der Waals surface area contributed by atoms with Gasteiger partial charge < -0.3 is 4.90 Å². The second kappa shape index (κ2) is 8.05. The molecule has 1 fully saturated rings. The van der Waals surface area contributed by atoms with Crippen LogP contribution in [0, 0.1) is 0 Å². The molecular formula is C23H20ClN3S2. The van der Waals surface area contributed by atoms with Gasteiger partial charge in [0.15, 0.2) is 5.17 Å². The molecule has 29 heavy (non-hydrogen) atoms. The Labute approximate surface area is 184 Å². The molecule has 2 aliphatic heterocycles. The van der Waals surface area contributed by atoms with Crippen LogP contribution in [0.1, 0.15) is 30.3 Å². The lowest BCUT2D eigenvalue weighted by Crippen LogP contribution is -2.28. The van der Waals surface area contributed by atoms with Crippen LogP contribution in [-0.2, 0) is 0 Å². The fourth-order valence-electron chi connectivity index (χ4n) is 3.85. The van der Waals surface area contributed by atoms with Crippen molar-refractivity contribution in [3.05, 3.63) is 89.2 Å². The van der Waals surface area contributed by atoms with Crippen molar-refractivity contribution < 1.29 is 0 Å². The molecule has 3 nitrogen and oxygen atoms in total. The van der Waals surface area contributed by atoms with Gasteiger partial charge in [-0.2, -0.15) is 0 Å². The molecule has 0 saturated carbocycles. The lowest BCUT2D eigenvalue weighted by Gasteiger charge is -2.27. The smallest absolute Gasteiger partial charge is 0.160 e. The predicted molar refractivity (Wildman–Crippen MR) is 123 cm³/mol. The van der Waals surface area contributed by atoms with Gasteiger partial charge in [0.2, 0.25) is 0 Å². The molecule has 0 aliphatic carbocycles. The Balaban J connectivity index is 1.42. The maximum Gasteiger partial charge on any atom is 0.160 e. The fourth-order valence-corrected chi connectivity index (χ4v) is 5.89. The van der Waals surface area contributed by atoms with Crippen LogP contribution in [0.25, 0.3) is 0 Å². The van der Waals surface area contributed by atoms with E-state index in [0.717, 1.165) is 22.4 Å². The lowest BCUT2D eigenvalue weighted by atomic mass is 9.96. The molecule has 0 unspecified atom stereocenters. The molecule has 0 bridgehead atoms. The van der Waals surface area contributed by atoms with Gasteiger partial charge in [0, 0.05) is 32.8 Å². The standard InChI is InChI=1S/C23H20ClN3S2/c1-15-14-27-22(21(26-23(27)28-15)20-4-2-3-13-25-20)16-5-9-18(10-6-16)29-19-11-7-17(24)8-12-19/h2-13,15,21-22H,14H2,1H3/t15-,21-,22-/m0/s1. The van der Waals surface area contributed by atoms with Crippen molar-refractivity contribution in [1.82, 2.24) is 9.88 Å². The van der Waals surface area contributed by atoms with E-state index in [9.17, 15) is 0 Å². The summed E-state index contributed by atoms with van der Waals surface area (Å²) in [5.74, 6) is 0. The summed E-state index contributed by atoms with van der Waals surface area (Å²) in [5.41, 5.74) is 2.32. The van der Waals surface area contributed by atoms with Gasteiger partial charge in [-0.05, 0) is 54.1 Å². The van der Waals surface area contributed by atoms with Crippen molar-refractivity contribution >= 4 is 40.3 Å². The number of benzene rings is 2. The van der Waals surface area contributed by atoms with Crippen LogP contribution in [0.15, 0.2) is 87.7 Å². The zero-order valence-electron chi connectivity index (χ0n) is 15.9. The van der Waals surface area contributed by atoms with E-state index >= 15 is 0 Å². The third-order valence-electron chi connectivity index (χ3n) is 5.15. The number of hydrogen-bond donors (Lipinski definition) is 0. The number of hydrogen-bond acceptors (Lipinski definition) is 5. The average molecular weight is 438 g/mol. The van der Waals surface area contributed by atoms with Crippen LogP contribution in [0.5, 0.6) is 0 Å². The highest BCUT2D eigenvalue weighted by Gasteiger charge is 2.43. The van der Waals surface area contributed by atoms with Crippen LogP contribution < -0.4 is 0 Å². The minimum absolute atomic E-state index is 0.0426. The molecule has 2 aliphatic rings. The van der Waals surface area contributed by atoms with E-state index in [4.69, 9.17) is 16.6 Å². The normalized spacial score (nSPS) is 23.2. The average Bonchev–Trinajstić information content (AvgIpc) is 3.27. The molecule has 0 radical (unpaired) electrons. The number of aliphatic imine (C=N–C) groups is 1. The van der Waals surface area contributed by atoms with Crippen LogP contribution in [0.3, 0.4) is 0 Å². The minimum Gasteiger partial charge on any atom is -0.341 e. The second-order valence-electron chi connectivity index (χ2n) is 7.26. The highest BCUT2D eigenvalue weighted by Crippen LogP contribution is 2.47. The maximum atomic E-state index is 6.00. The molecule has 0 spiro atoms. The van der Waals surface area contributed by atoms with Gasteiger partial charge >= 0.3 is 0 Å². The third-order valence-corrected chi connectivity index (χ3v) is 7.52. The Hall–Kier alpha value is -1.95. The van der Waals surface area contributed by atoms with Crippen molar-refractivity contribution in [2.75, 3.05) is 6.54 Å². The summed E-state index contributed by atoms with van der Waals surface area (Å²) in [6.07, 6.45) is 1.86. The van der Waals surface area contributed by atoms with E-state index < -0.39 is 0 Å². The van der Waals surface area contributed by atoms with E-state index in [1.165, 1.54) is 15.4 Å². The summed E-state index contributed by atoms with van der Waals surface area (Å²) >= 11 is 9.61. The molecule has 2 aromatic carbocycles. The van der Waals surface area contributed by atoms with Gasteiger partial charge in [0.1, 0.15) is 6.04 Å². The fraction of sp³-hybridized carbons (Fsp3) is 0.217. The van der Waals surface area contributed by atoms with Gasteiger partial charge in [-0.3, -0.25) is 9.98 Å². The Morgan fingerprint density at radius 2 is 1.72 bits per heavy atom. The Kier molecular flexibility index (Phi) is 5.29. The number of pyridine rings is 1. The van der Waals surface area contributed by atoms with Crippen LogP contribution in [0.4, 0.5) is 0 Å². The molecule has 6 heteroatoms. The van der Waals surface area contributed by atoms with Crippen molar-refractivity contribution in [2.24, 2.45) is 4.99 Å². The van der Waals surface area contributed by atoms with Gasteiger partial charge in [0.25, 0.3) is 0 Å². The third kappa shape index (κ3) is 3.91. The Morgan fingerprint density at radius 3 is 2.41 bits per heavy atom. The maximum absolute atomic E-state index is 6.00. The van der Waals surface area contributed by atoms with Gasteiger partial charge in [0.05, 0.1) is 11.7 Å². The number of amidine groups is 1. The first-order valence-electron chi connectivity index (χ1n) is 9.63. The van der Waals surface area contributed by atoms with Crippen LogP contribution in [0.2, 0.25) is 5.02 Å². The van der Waals surface area contributed by atoms with Crippen molar-refractivity contribution in [2.45, 2.75) is 34.0 Å². The summed E-state index contributed by atoms with van der Waals surface area (Å²) in [7, 11) is 0. The molecule has 1 saturated heterocycles. The van der Waals surface area contributed by atoms with E-state index in [0.29, 0.717) is 5.25 Å². The first-order valence-corrected chi connectivity index (χ1v) is 11.7. The highest BCUT2D eigenvalue weighted by atomic mass is 35.5. The van der Waals surface area contributed by atoms with Crippen LogP contribution in [-0.4, -0.2) is 26.8 Å². The van der Waals surface area contributed by atoms with E-state index in [1.807, 2.05) is 42.2 Å². The van der Waals surface area contributed by atoms with E-state index in [2.05, 4.69) is 59.3 Å². The molecule has 146 valence electrons. The van der Waals surface area contributed by atoms with Crippen molar-refractivity contribution in [1.29, 1.82) is 0 Å². The SMILES string of the molecule is C[C@H]1CN2C(=N[C@@H](c3ccccn3)[C@@H]2c2ccc(Sc3ccc(Cl)cc3)cc2)S1. The minimum atomic E-state index is 0.0426. The zero-order chi connectivity index (χ0) is 19.8. The predicted octanol–water partition coefficient (Wildman–Crippen LogP) is 6.48. The Morgan fingerprint density at radius 1 is 1.00 bits per heavy atom. The molecule has 0 N–H and O–H groups in total. The number of halogens is 1. The highest BCUT2D eigenvalue weighted by molar-refractivity contribution is 8.14. The molecule has 0 amide bonds. The van der Waals surface area contributed by atoms with E-state index in [-0.39, 0.29) is 12.1 Å². The largest absolute Gasteiger partial charge is 0.341 e. The Bertz CT molecular complexity index is 1020. The molecule has 3 aromatic rings. The molecular weight excluding hydrogens is 418 g/mol. The monoisotopic (exact) mass is 437 g/mol. The topological polar surface area (TPSA) is 28.5 Å². The summed E-state index contributed by atoms with van der Waals surface area (Å²) in [4.78, 5) is 14.5. The zero-order valence-corrected chi connectivity index (χ0v) is 18.3. The number of nitrogens with zero attached hydrogens (tertiary/aromatic N) is 3. The van der Waals surface area contributed by atoms with Crippen molar-refractivity contribution in [3.63, 3.8) is 0 Å². The van der Waals surface area contributed by atoms with Gasteiger partial charge in [-0.15, -0.1) is 0 Å². The second-order valence-corrected chi connectivity index (χ2v) is 10.3. The summed E-state index contributed by atoms with van der Waals surface area (Å²) < 4.78 is 0. The first-order chi connectivity index (χ1) is 14.2. The summed E-state index contributed by atoms with van der Waals surface area (Å²) in [6.45, 7) is 3.29. The summed E-state index contributed by atoms with van der Waals surface area (Å²) in [5, 5.41) is 2.48. The number of fused-ring (bicyclic) bond motifs is 1. The van der Waals surface area contributed by atoms with E-state index in [1.54, 1.807) is 11.8 Å². The molecule has 3 heterocycles. The molecule has 1 aromatic heterocycles. The summed E-state index contributed by atoms with van der Waals surface area (Å²) in [6, 6.07) is 23.2. The molecule has 5 rings (SSSR count). The first kappa shape index (κ1) is 19.0. The number of rotatable bonds is 4. The number of aromatic nitrogens is 1.